The van der Waals surface area contributed by atoms with Crippen molar-refractivity contribution in [2.24, 2.45) is 11.7 Å². The topological polar surface area (TPSA) is 93.5 Å². The van der Waals surface area contributed by atoms with Gasteiger partial charge in [0.2, 0.25) is 11.8 Å². The van der Waals surface area contributed by atoms with Crippen molar-refractivity contribution in [3.63, 3.8) is 0 Å². The molecule has 0 spiro atoms. The maximum absolute atomic E-state index is 12.1. The van der Waals surface area contributed by atoms with Crippen LogP contribution in [-0.2, 0) is 16.1 Å². The molecule has 2 amide bonds. The van der Waals surface area contributed by atoms with Gasteiger partial charge in [0.05, 0.1) is 12.6 Å². The number of amides is 2. The Balaban J connectivity index is 0.00000625. The maximum atomic E-state index is 12.1. The van der Waals surface area contributed by atoms with Crippen LogP contribution in [0.5, 0.6) is 5.75 Å². The second-order valence-corrected chi connectivity index (χ2v) is 5.82. The van der Waals surface area contributed by atoms with Gasteiger partial charge in [0.15, 0.2) is 6.61 Å². The quantitative estimate of drug-likeness (QED) is 0.623. The molecule has 4 N–H and O–H groups in total. The Labute approximate surface area is 156 Å². The number of alkyl halides is 3. The number of ether oxygens (including phenoxy) is 1. The summed E-state index contributed by atoms with van der Waals surface area (Å²) in [5.74, 6) is -0.860. The lowest BCUT2D eigenvalue weighted by atomic mass is 10.1. The van der Waals surface area contributed by atoms with Crippen molar-refractivity contribution in [2.45, 2.75) is 32.6 Å². The highest BCUT2D eigenvalue weighted by atomic mass is 35.5. The van der Waals surface area contributed by atoms with Crippen molar-refractivity contribution >= 4 is 24.2 Å². The van der Waals surface area contributed by atoms with Gasteiger partial charge in [-0.1, -0.05) is 26.0 Å². The molecule has 0 saturated carbocycles. The van der Waals surface area contributed by atoms with Gasteiger partial charge >= 0.3 is 6.18 Å². The summed E-state index contributed by atoms with van der Waals surface area (Å²) < 4.78 is 41.0. The van der Waals surface area contributed by atoms with E-state index in [1.807, 2.05) is 0 Å². The number of hydrogen-bond donors (Lipinski definition) is 3. The van der Waals surface area contributed by atoms with Crippen LogP contribution >= 0.6 is 12.4 Å². The highest BCUT2D eigenvalue weighted by Crippen LogP contribution is 2.19. The first-order chi connectivity index (χ1) is 11.6. The van der Waals surface area contributed by atoms with E-state index in [4.69, 9.17) is 5.73 Å². The summed E-state index contributed by atoms with van der Waals surface area (Å²) in [6.07, 6.45) is -4.42. The van der Waals surface area contributed by atoms with Gasteiger partial charge < -0.3 is 21.1 Å². The molecule has 6 nitrogen and oxygen atoms in total. The largest absolute Gasteiger partial charge is 0.484 e. The zero-order valence-electron chi connectivity index (χ0n) is 14.4. The van der Waals surface area contributed by atoms with Gasteiger partial charge in [0.25, 0.3) is 0 Å². The molecule has 1 atom stereocenters. The van der Waals surface area contributed by atoms with E-state index in [1.54, 1.807) is 19.9 Å². The number of benzene rings is 1. The molecule has 0 unspecified atom stereocenters. The fourth-order valence-electron chi connectivity index (χ4n) is 1.76. The van der Waals surface area contributed by atoms with Crippen LogP contribution in [0, 0.1) is 5.92 Å². The molecule has 0 saturated heterocycles. The number of halogens is 4. The van der Waals surface area contributed by atoms with Gasteiger partial charge in [-0.15, -0.1) is 12.4 Å². The van der Waals surface area contributed by atoms with Crippen molar-refractivity contribution in [2.75, 3.05) is 13.2 Å². The molecule has 1 rings (SSSR count). The summed E-state index contributed by atoms with van der Waals surface area (Å²) in [6, 6.07) is 5.25. The monoisotopic (exact) mass is 397 g/mol. The third-order valence-corrected chi connectivity index (χ3v) is 3.23. The third-order valence-electron chi connectivity index (χ3n) is 3.23. The smallest absolute Gasteiger partial charge is 0.422 e. The van der Waals surface area contributed by atoms with E-state index < -0.39 is 30.6 Å². The van der Waals surface area contributed by atoms with Crippen LogP contribution in [0.2, 0.25) is 0 Å². The molecular formula is C16H23ClF3N3O3. The first-order valence-electron chi connectivity index (χ1n) is 7.67. The number of nitrogens with two attached hydrogens (primary N) is 1. The van der Waals surface area contributed by atoms with Crippen molar-refractivity contribution in [1.82, 2.24) is 10.6 Å². The van der Waals surface area contributed by atoms with Crippen molar-refractivity contribution in [1.29, 1.82) is 0 Å². The first-order valence-corrected chi connectivity index (χ1v) is 7.67. The summed E-state index contributed by atoms with van der Waals surface area (Å²) in [6.45, 7) is 2.05. The van der Waals surface area contributed by atoms with E-state index in [0.29, 0.717) is 5.56 Å². The molecule has 26 heavy (non-hydrogen) atoms. The van der Waals surface area contributed by atoms with E-state index >= 15 is 0 Å². The Hall–Kier alpha value is -2.00. The van der Waals surface area contributed by atoms with Gasteiger partial charge in [-0.05, 0) is 23.6 Å². The summed E-state index contributed by atoms with van der Waals surface area (Å²) in [4.78, 5) is 23.3. The minimum Gasteiger partial charge on any atom is -0.484 e. The van der Waals surface area contributed by atoms with E-state index in [-0.39, 0.29) is 37.2 Å². The molecule has 0 fully saturated rings. The predicted octanol–water partition coefficient (Wildman–Crippen LogP) is 1.77. The van der Waals surface area contributed by atoms with E-state index in [2.05, 4.69) is 15.4 Å². The van der Waals surface area contributed by atoms with Gasteiger partial charge in [0.1, 0.15) is 5.75 Å². The van der Waals surface area contributed by atoms with Crippen molar-refractivity contribution in [3.8, 4) is 5.75 Å². The zero-order chi connectivity index (χ0) is 19.0. The Bertz CT molecular complexity index is 598. The molecule has 1 aromatic rings. The Morgan fingerprint density at radius 3 is 2.46 bits per heavy atom. The molecule has 148 valence electrons. The lowest BCUT2D eigenvalue weighted by Crippen LogP contribution is -2.47. The van der Waals surface area contributed by atoms with Crippen LogP contribution in [-0.4, -0.2) is 37.2 Å². The normalized spacial score (nSPS) is 12.1. The standard InChI is InChI=1S/C16H22F3N3O3.ClH/c1-10(2)14(20)15(24)22-8-13(23)21-7-11-4-3-5-12(6-11)25-9-16(17,18)19;/h3-6,10,14H,7-9,20H2,1-2H3,(H,21,23)(H,22,24);1H/t14-;/m0./s1. The van der Waals surface area contributed by atoms with Crippen LogP contribution in [0.4, 0.5) is 13.2 Å². The molecule has 0 heterocycles. The molecule has 0 aromatic heterocycles. The maximum Gasteiger partial charge on any atom is 0.422 e. The minimum atomic E-state index is -4.42. The number of nitrogens with one attached hydrogen (secondary N) is 2. The van der Waals surface area contributed by atoms with Gasteiger partial charge in [-0.3, -0.25) is 9.59 Å². The molecule has 1 aromatic carbocycles. The average molecular weight is 398 g/mol. The first kappa shape index (κ1) is 24.0. The lowest BCUT2D eigenvalue weighted by molar-refractivity contribution is -0.153. The van der Waals surface area contributed by atoms with Gasteiger partial charge in [-0.25, -0.2) is 0 Å². The minimum absolute atomic E-state index is 0. The number of rotatable bonds is 8. The summed E-state index contributed by atoms with van der Waals surface area (Å²) >= 11 is 0. The van der Waals surface area contributed by atoms with Gasteiger partial charge in [-0.2, -0.15) is 13.2 Å². The molecule has 0 aliphatic heterocycles. The summed E-state index contributed by atoms with van der Waals surface area (Å²) in [5, 5.41) is 4.97. The average Bonchev–Trinajstić information content (AvgIpc) is 2.55. The van der Waals surface area contributed by atoms with Crippen LogP contribution in [0.15, 0.2) is 24.3 Å². The molecule has 0 aliphatic rings. The van der Waals surface area contributed by atoms with Crippen LogP contribution < -0.4 is 21.1 Å². The Morgan fingerprint density at radius 2 is 1.88 bits per heavy atom. The molecule has 10 heteroatoms. The summed E-state index contributed by atoms with van der Waals surface area (Å²) in [7, 11) is 0. The number of carbonyl (C=O) groups is 2. The number of hydrogen-bond acceptors (Lipinski definition) is 4. The lowest BCUT2D eigenvalue weighted by Gasteiger charge is -2.15. The van der Waals surface area contributed by atoms with Gasteiger partial charge in [0, 0.05) is 6.54 Å². The highest BCUT2D eigenvalue weighted by molar-refractivity contribution is 5.87. The van der Waals surface area contributed by atoms with Crippen LogP contribution in [0.1, 0.15) is 19.4 Å². The molecular weight excluding hydrogens is 375 g/mol. The number of carbonyl (C=O) groups excluding carboxylic acids is 2. The molecule has 0 aliphatic carbocycles. The second kappa shape index (κ2) is 10.9. The van der Waals surface area contributed by atoms with E-state index in [0.717, 1.165) is 0 Å². The van der Waals surface area contributed by atoms with Crippen LogP contribution in [0.3, 0.4) is 0 Å². The second-order valence-electron chi connectivity index (χ2n) is 5.82. The van der Waals surface area contributed by atoms with Crippen LogP contribution in [0.25, 0.3) is 0 Å². The Kier molecular flexibility index (Phi) is 10.0. The summed E-state index contributed by atoms with van der Waals surface area (Å²) in [5.41, 5.74) is 6.22. The van der Waals surface area contributed by atoms with E-state index in [1.165, 1.54) is 18.2 Å². The molecule has 0 bridgehead atoms. The fourth-order valence-corrected chi connectivity index (χ4v) is 1.76. The fraction of sp³-hybridized carbons (Fsp3) is 0.500. The zero-order valence-corrected chi connectivity index (χ0v) is 15.2. The SMILES string of the molecule is CC(C)[C@H](N)C(=O)NCC(=O)NCc1cccc(OCC(F)(F)F)c1.Cl. The molecule has 0 radical (unpaired) electrons. The van der Waals surface area contributed by atoms with E-state index in [9.17, 15) is 22.8 Å². The highest BCUT2D eigenvalue weighted by Gasteiger charge is 2.28. The predicted molar refractivity (Wildman–Crippen MR) is 92.9 cm³/mol. The van der Waals surface area contributed by atoms with Crippen molar-refractivity contribution < 1.29 is 27.5 Å². The Morgan fingerprint density at radius 1 is 1.23 bits per heavy atom. The third kappa shape index (κ3) is 9.47. The van der Waals surface area contributed by atoms with Crippen molar-refractivity contribution in [3.05, 3.63) is 29.8 Å².